The lowest BCUT2D eigenvalue weighted by Gasteiger charge is -2.24. The molecular weight excluding hydrogens is 378 g/mol. The lowest BCUT2D eigenvalue weighted by atomic mass is 10.1. The molecule has 0 aliphatic rings. The van der Waals surface area contributed by atoms with Crippen LogP contribution >= 0.6 is 11.3 Å². The highest BCUT2D eigenvalue weighted by Crippen LogP contribution is 2.23. The summed E-state index contributed by atoms with van der Waals surface area (Å²) in [5, 5.41) is 13.0. The first kappa shape index (κ1) is 22.0. The van der Waals surface area contributed by atoms with Gasteiger partial charge in [0.25, 0.3) is 17.7 Å². The van der Waals surface area contributed by atoms with Crippen LogP contribution in [0.5, 0.6) is 0 Å². The highest BCUT2D eigenvalue weighted by molar-refractivity contribution is 7.13. The second-order valence-electron chi connectivity index (χ2n) is 7.90. The van der Waals surface area contributed by atoms with E-state index in [1.165, 1.54) is 11.3 Å². The molecule has 2 aromatic heterocycles. The van der Waals surface area contributed by atoms with Crippen molar-refractivity contribution < 1.29 is 18.9 Å². The molecule has 2 rings (SSSR count). The number of amides is 2. The Bertz CT molecular complexity index is 767. The molecule has 0 aliphatic heterocycles. The van der Waals surface area contributed by atoms with Crippen molar-refractivity contribution in [3.63, 3.8) is 0 Å². The number of aromatic nitrogens is 2. The summed E-state index contributed by atoms with van der Waals surface area (Å²) in [5.74, 6) is 0.764. The molecule has 0 saturated carbocycles. The van der Waals surface area contributed by atoms with Crippen LogP contribution in [0, 0.1) is 0 Å². The van der Waals surface area contributed by atoms with Crippen LogP contribution in [0.3, 0.4) is 0 Å². The molecule has 0 fully saturated rings. The van der Waals surface area contributed by atoms with E-state index in [9.17, 15) is 9.59 Å². The van der Waals surface area contributed by atoms with Crippen LogP contribution < -0.4 is 10.2 Å². The van der Waals surface area contributed by atoms with Gasteiger partial charge in [0, 0.05) is 12.1 Å². The van der Waals surface area contributed by atoms with E-state index in [1.807, 2.05) is 52.3 Å². The molecule has 2 N–H and O–H groups in total. The Hall–Kier alpha value is -2.26. The number of carbonyl (C=O) groups excluding carboxylic acids is 2. The average Bonchev–Trinajstić information content (AvgIpc) is 3.23. The summed E-state index contributed by atoms with van der Waals surface area (Å²) >= 11 is 1.52. The van der Waals surface area contributed by atoms with Gasteiger partial charge in [0.15, 0.2) is 13.1 Å². The Kier molecular flexibility index (Phi) is 7.70. The third-order valence-electron chi connectivity index (χ3n) is 3.80. The molecule has 0 aromatic carbocycles. The Morgan fingerprint density at radius 1 is 1.29 bits per heavy atom. The fourth-order valence-corrected chi connectivity index (χ4v) is 3.36. The predicted octanol–water partition coefficient (Wildman–Crippen LogP) is 0.966. The molecule has 9 heteroatoms. The second kappa shape index (κ2) is 9.79. The third-order valence-corrected chi connectivity index (χ3v) is 4.66. The normalized spacial score (nSPS) is 12.6. The van der Waals surface area contributed by atoms with E-state index in [-0.39, 0.29) is 37.0 Å². The van der Waals surface area contributed by atoms with E-state index in [1.54, 1.807) is 4.90 Å². The molecule has 2 aromatic rings. The molecule has 28 heavy (non-hydrogen) atoms. The van der Waals surface area contributed by atoms with Crippen molar-refractivity contribution in [2.24, 2.45) is 0 Å². The number of nitrogens with zero attached hydrogens (tertiary/aromatic N) is 3. The summed E-state index contributed by atoms with van der Waals surface area (Å²) in [6, 6.07) is 3.84. The number of carbonyl (C=O) groups is 2. The van der Waals surface area contributed by atoms with Crippen LogP contribution in [0.15, 0.2) is 21.9 Å². The standard InChI is InChI=1S/C19H29N5O3S/c1-6-9-24(12-16-21-22-18(27-16)14-8-7-10-28-14)17(26)13-23(5)11-15(25)20-19(2,3)4/h7-8,10H,6,9,11-13H2,1-5H3,(H,20,25)/p+1. The predicted molar refractivity (Wildman–Crippen MR) is 108 cm³/mol. The summed E-state index contributed by atoms with van der Waals surface area (Å²) < 4.78 is 5.70. The van der Waals surface area contributed by atoms with Crippen LogP contribution in [-0.4, -0.2) is 59.1 Å². The van der Waals surface area contributed by atoms with Gasteiger partial charge in [-0.05, 0) is 38.6 Å². The molecule has 0 aliphatic carbocycles. The highest BCUT2D eigenvalue weighted by Gasteiger charge is 2.23. The Morgan fingerprint density at radius 2 is 2.04 bits per heavy atom. The topological polar surface area (TPSA) is 92.8 Å². The van der Waals surface area contributed by atoms with Crippen LogP contribution in [0.4, 0.5) is 0 Å². The Balaban J connectivity index is 1.93. The maximum atomic E-state index is 12.7. The van der Waals surface area contributed by atoms with E-state index in [2.05, 4.69) is 15.5 Å². The monoisotopic (exact) mass is 408 g/mol. The maximum absolute atomic E-state index is 12.7. The number of likely N-dealkylation sites (N-methyl/N-ethyl adjacent to an activating group) is 1. The van der Waals surface area contributed by atoms with Gasteiger partial charge in [0.1, 0.15) is 0 Å². The summed E-state index contributed by atoms with van der Waals surface area (Å²) in [4.78, 5) is 28.2. The average molecular weight is 409 g/mol. The zero-order chi connectivity index (χ0) is 20.7. The first-order valence-electron chi connectivity index (χ1n) is 9.44. The number of rotatable bonds is 9. The van der Waals surface area contributed by atoms with Crippen LogP contribution in [-0.2, 0) is 16.1 Å². The number of hydrogen-bond donors (Lipinski definition) is 2. The van der Waals surface area contributed by atoms with Crippen LogP contribution in [0.2, 0.25) is 0 Å². The zero-order valence-corrected chi connectivity index (χ0v) is 18.1. The first-order valence-corrected chi connectivity index (χ1v) is 10.3. The molecule has 1 unspecified atom stereocenters. The Morgan fingerprint density at radius 3 is 2.64 bits per heavy atom. The molecule has 0 saturated heterocycles. The molecular formula is C19H30N5O3S+. The van der Waals surface area contributed by atoms with Gasteiger partial charge >= 0.3 is 0 Å². The largest absolute Gasteiger partial charge is 0.418 e. The van der Waals surface area contributed by atoms with Crippen molar-refractivity contribution in [2.75, 3.05) is 26.7 Å². The molecule has 0 radical (unpaired) electrons. The summed E-state index contributed by atoms with van der Waals surface area (Å²) in [6.45, 7) is 9.15. The van der Waals surface area contributed by atoms with Crippen molar-refractivity contribution in [1.29, 1.82) is 0 Å². The van der Waals surface area contributed by atoms with Crippen LogP contribution in [0.1, 0.15) is 40.0 Å². The quantitative estimate of drug-likeness (QED) is 0.645. The van der Waals surface area contributed by atoms with Crippen molar-refractivity contribution in [3.8, 4) is 10.8 Å². The van der Waals surface area contributed by atoms with Gasteiger partial charge in [-0.3, -0.25) is 9.59 Å². The van der Waals surface area contributed by atoms with E-state index in [0.717, 1.165) is 16.2 Å². The number of hydrogen-bond acceptors (Lipinski definition) is 6. The second-order valence-corrected chi connectivity index (χ2v) is 8.85. The van der Waals surface area contributed by atoms with Crippen molar-refractivity contribution >= 4 is 23.2 Å². The number of nitrogens with one attached hydrogen (secondary N) is 2. The molecule has 2 heterocycles. The van der Waals surface area contributed by atoms with Gasteiger partial charge in [-0.2, -0.15) is 0 Å². The van der Waals surface area contributed by atoms with Gasteiger partial charge in [-0.1, -0.05) is 13.0 Å². The molecule has 0 spiro atoms. The Labute approximate surface area is 169 Å². The molecule has 0 bridgehead atoms. The van der Waals surface area contributed by atoms with Crippen LogP contribution in [0.25, 0.3) is 10.8 Å². The van der Waals surface area contributed by atoms with Gasteiger partial charge in [0.05, 0.1) is 18.5 Å². The summed E-state index contributed by atoms with van der Waals surface area (Å²) in [6.07, 6.45) is 0.821. The van der Waals surface area contributed by atoms with Crippen molar-refractivity contribution in [1.82, 2.24) is 20.4 Å². The fourth-order valence-electron chi connectivity index (χ4n) is 2.71. The maximum Gasteiger partial charge on any atom is 0.278 e. The number of thiophene rings is 1. The van der Waals surface area contributed by atoms with E-state index >= 15 is 0 Å². The smallest absolute Gasteiger partial charge is 0.278 e. The van der Waals surface area contributed by atoms with Gasteiger partial charge in [-0.15, -0.1) is 21.5 Å². The lowest BCUT2D eigenvalue weighted by Crippen LogP contribution is -3.11. The van der Waals surface area contributed by atoms with Crippen molar-refractivity contribution in [2.45, 2.75) is 46.2 Å². The van der Waals surface area contributed by atoms with E-state index in [0.29, 0.717) is 18.3 Å². The van der Waals surface area contributed by atoms with E-state index < -0.39 is 0 Å². The van der Waals surface area contributed by atoms with Gasteiger partial charge in [0.2, 0.25) is 5.89 Å². The molecule has 154 valence electrons. The van der Waals surface area contributed by atoms with Crippen molar-refractivity contribution in [3.05, 3.63) is 23.4 Å². The summed E-state index contributed by atoms with van der Waals surface area (Å²) in [7, 11) is 1.84. The summed E-state index contributed by atoms with van der Waals surface area (Å²) in [5.41, 5.74) is -0.284. The minimum absolute atomic E-state index is 0.0428. The highest BCUT2D eigenvalue weighted by atomic mass is 32.1. The van der Waals surface area contributed by atoms with E-state index in [4.69, 9.17) is 4.42 Å². The first-order chi connectivity index (χ1) is 13.2. The molecule has 8 nitrogen and oxygen atoms in total. The van der Waals surface area contributed by atoms with Gasteiger partial charge in [-0.25, -0.2) is 0 Å². The lowest BCUT2D eigenvalue weighted by molar-refractivity contribution is -0.863. The minimum Gasteiger partial charge on any atom is -0.418 e. The SMILES string of the molecule is CCCN(Cc1nnc(-c2cccs2)o1)C(=O)C[NH+](C)CC(=O)NC(C)(C)C. The number of quaternary nitrogens is 1. The third kappa shape index (κ3) is 7.05. The minimum atomic E-state index is -0.284. The molecule has 2 amide bonds. The zero-order valence-electron chi connectivity index (χ0n) is 17.2. The fraction of sp³-hybridized carbons (Fsp3) is 0.579. The molecule has 1 atom stereocenters. The van der Waals surface area contributed by atoms with Gasteiger partial charge < -0.3 is 19.5 Å².